The van der Waals surface area contributed by atoms with Crippen LogP contribution in [0.3, 0.4) is 0 Å². The van der Waals surface area contributed by atoms with Crippen molar-refractivity contribution >= 4 is 23.2 Å². The summed E-state index contributed by atoms with van der Waals surface area (Å²) in [5, 5.41) is 14.2. The molecule has 0 aliphatic carbocycles. The number of carboxylic acids is 1. The molecule has 0 heterocycles. The van der Waals surface area contributed by atoms with Gasteiger partial charge in [-0.05, 0) is 24.5 Å². The number of carboxylic acid groups (broad SMARTS) is 1. The van der Waals surface area contributed by atoms with Gasteiger partial charge in [-0.3, -0.25) is 0 Å². The molecule has 0 bridgehead atoms. The summed E-state index contributed by atoms with van der Waals surface area (Å²) in [5.41, 5.74) is 3.17. The van der Waals surface area contributed by atoms with Crippen molar-refractivity contribution in [1.29, 1.82) is 0 Å². The molecule has 2 aromatic carbocycles. The van der Waals surface area contributed by atoms with E-state index in [1.54, 1.807) is 0 Å². The molecule has 0 saturated carbocycles. The number of benzene rings is 2. The van der Waals surface area contributed by atoms with E-state index < -0.39 is 12.0 Å². The van der Waals surface area contributed by atoms with Gasteiger partial charge in [0.05, 0.1) is 17.0 Å². The van der Waals surface area contributed by atoms with Gasteiger partial charge >= 0.3 is 29.6 Å². The zero-order valence-corrected chi connectivity index (χ0v) is 16.2. The van der Waals surface area contributed by atoms with Crippen molar-refractivity contribution in [3.05, 3.63) is 71.3 Å². The summed E-state index contributed by atoms with van der Waals surface area (Å²) in [6.07, 6.45) is 0.866. The first-order valence-corrected chi connectivity index (χ1v) is 7.55. The first-order valence-electron chi connectivity index (χ1n) is 7.14. The Morgan fingerprint density at radius 2 is 1.70 bits per heavy atom. The summed E-state index contributed by atoms with van der Waals surface area (Å²) in [6.45, 7) is 2.02. The number of carbonyl (C=O) groups is 1. The number of aliphatic carboxylic acids is 1. The van der Waals surface area contributed by atoms with Crippen LogP contribution < -0.4 is 40.0 Å². The molecule has 114 valence electrons. The molecular formula is C18H18NNaO2S. The molecule has 0 fully saturated rings. The predicted octanol–water partition coefficient (Wildman–Crippen LogP) is -1.18. The van der Waals surface area contributed by atoms with E-state index in [0.717, 1.165) is 11.1 Å². The molecule has 3 nitrogen and oxygen atoms in total. The smallest absolute Gasteiger partial charge is 0.548 e. The summed E-state index contributed by atoms with van der Waals surface area (Å²) in [7, 11) is 0. The van der Waals surface area contributed by atoms with E-state index in [1.165, 1.54) is 5.56 Å². The summed E-state index contributed by atoms with van der Waals surface area (Å²) in [4.78, 5) is 11.8. The molecule has 0 saturated heterocycles. The monoisotopic (exact) mass is 335 g/mol. The Labute approximate surface area is 164 Å². The van der Waals surface area contributed by atoms with E-state index in [-0.39, 0.29) is 29.6 Å². The van der Waals surface area contributed by atoms with Crippen molar-refractivity contribution in [1.82, 2.24) is 5.32 Å². The number of hydrogen-bond acceptors (Lipinski definition) is 3. The van der Waals surface area contributed by atoms with Crippen LogP contribution in [0, 0.1) is 6.92 Å². The molecule has 0 amide bonds. The summed E-state index contributed by atoms with van der Waals surface area (Å²) < 4.78 is 0. The van der Waals surface area contributed by atoms with Gasteiger partial charge in [0.2, 0.25) is 0 Å². The largest absolute Gasteiger partial charge is 1.00 e. The van der Waals surface area contributed by atoms with E-state index >= 15 is 0 Å². The van der Waals surface area contributed by atoms with Crippen molar-refractivity contribution in [2.75, 3.05) is 0 Å². The van der Waals surface area contributed by atoms with Crippen LogP contribution in [0.15, 0.2) is 54.6 Å². The Morgan fingerprint density at radius 3 is 2.26 bits per heavy atom. The van der Waals surface area contributed by atoms with Gasteiger partial charge in [0.15, 0.2) is 0 Å². The summed E-state index contributed by atoms with van der Waals surface area (Å²) >= 11 is 5.28. The van der Waals surface area contributed by atoms with Gasteiger partial charge in [0.25, 0.3) is 0 Å². The summed E-state index contributed by atoms with van der Waals surface area (Å²) in [5.74, 6) is -1.14. The number of thiocarbonyl (C=S) groups is 1. The van der Waals surface area contributed by atoms with Crippen molar-refractivity contribution in [3.8, 4) is 0 Å². The van der Waals surface area contributed by atoms with Crippen LogP contribution in [0.25, 0.3) is 0 Å². The topological polar surface area (TPSA) is 52.2 Å². The Kier molecular flexibility index (Phi) is 8.48. The maximum absolute atomic E-state index is 11.3. The second-order valence-electron chi connectivity index (χ2n) is 5.29. The molecule has 0 spiro atoms. The molecule has 0 aliphatic rings. The van der Waals surface area contributed by atoms with Crippen molar-refractivity contribution in [3.63, 3.8) is 0 Å². The van der Waals surface area contributed by atoms with Crippen molar-refractivity contribution < 1.29 is 39.5 Å². The van der Waals surface area contributed by atoms with E-state index in [2.05, 4.69) is 5.32 Å². The van der Waals surface area contributed by atoms with E-state index in [0.29, 0.717) is 17.8 Å². The SMILES string of the molecule is Cc1ccc(CC(=S)N[C@@H](Cc2ccccc2)C(=O)[O-])cc1.[Na+]. The van der Waals surface area contributed by atoms with E-state index in [9.17, 15) is 9.90 Å². The maximum Gasteiger partial charge on any atom is 1.00 e. The van der Waals surface area contributed by atoms with Crippen LogP contribution in [-0.2, 0) is 17.6 Å². The molecular weight excluding hydrogens is 317 g/mol. The van der Waals surface area contributed by atoms with Gasteiger partial charge in [-0.25, -0.2) is 0 Å². The third kappa shape index (κ3) is 6.83. The third-order valence-electron chi connectivity index (χ3n) is 3.39. The Bertz CT molecular complexity index is 644. The van der Waals surface area contributed by atoms with Gasteiger partial charge in [-0.1, -0.05) is 72.4 Å². The van der Waals surface area contributed by atoms with Gasteiger partial charge in [0.1, 0.15) is 0 Å². The maximum atomic E-state index is 11.3. The number of rotatable bonds is 6. The van der Waals surface area contributed by atoms with Crippen LogP contribution in [-0.4, -0.2) is 17.0 Å². The second kappa shape index (κ2) is 9.83. The summed E-state index contributed by atoms with van der Waals surface area (Å²) in [6, 6.07) is 16.6. The quantitative estimate of drug-likeness (QED) is 0.533. The average molecular weight is 335 g/mol. The molecule has 5 heteroatoms. The van der Waals surface area contributed by atoms with Crippen LogP contribution >= 0.6 is 12.2 Å². The first kappa shape index (κ1) is 19.8. The molecule has 0 unspecified atom stereocenters. The minimum atomic E-state index is -1.14. The molecule has 1 N–H and O–H groups in total. The molecule has 0 aromatic heterocycles. The van der Waals surface area contributed by atoms with Gasteiger partial charge in [0, 0.05) is 6.42 Å². The minimum absolute atomic E-state index is 0. The Morgan fingerprint density at radius 1 is 1.09 bits per heavy atom. The van der Waals surface area contributed by atoms with Crippen molar-refractivity contribution in [2.45, 2.75) is 25.8 Å². The fourth-order valence-corrected chi connectivity index (χ4v) is 2.49. The minimum Gasteiger partial charge on any atom is -0.548 e. The van der Waals surface area contributed by atoms with E-state index in [4.69, 9.17) is 12.2 Å². The van der Waals surface area contributed by atoms with Crippen LogP contribution in [0.2, 0.25) is 0 Å². The predicted molar refractivity (Wildman–Crippen MR) is 89.6 cm³/mol. The van der Waals surface area contributed by atoms with E-state index in [1.807, 2.05) is 61.5 Å². The number of carbonyl (C=O) groups excluding carboxylic acids is 1. The number of aryl methyl sites for hydroxylation is 1. The normalized spacial score (nSPS) is 11.2. The average Bonchev–Trinajstić information content (AvgIpc) is 2.50. The Balaban J connectivity index is 0.00000264. The van der Waals surface area contributed by atoms with Gasteiger partial charge < -0.3 is 15.2 Å². The molecule has 0 aliphatic heterocycles. The zero-order valence-electron chi connectivity index (χ0n) is 13.4. The van der Waals surface area contributed by atoms with Crippen LogP contribution in [0.5, 0.6) is 0 Å². The van der Waals surface area contributed by atoms with Gasteiger partial charge in [-0.15, -0.1) is 0 Å². The van der Waals surface area contributed by atoms with Crippen molar-refractivity contribution in [2.24, 2.45) is 0 Å². The Hall–Kier alpha value is -1.20. The first-order chi connectivity index (χ1) is 10.5. The van der Waals surface area contributed by atoms with Crippen LogP contribution in [0.1, 0.15) is 16.7 Å². The molecule has 2 rings (SSSR count). The zero-order chi connectivity index (χ0) is 15.9. The fraction of sp³-hybridized carbons (Fsp3) is 0.222. The molecule has 0 radical (unpaired) electrons. The third-order valence-corrected chi connectivity index (χ3v) is 3.65. The standard InChI is InChI=1S/C18H19NO2S.Na/c1-13-7-9-15(10-8-13)12-17(22)19-16(18(20)21)11-14-5-3-2-4-6-14;/h2-10,16H,11-12H2,1H3,(H,19,22)(H,20,21);/q;+1/p-1/t16-;/m0./s1. The fourth-order valence-electron chi connectivity index (χ4n) is 2.18. The number of nitrogens with one attached hydrogen (secondary N) is 1. The van der Waals surface area contributed by atoms with Crippen LogP contribution in [0.4, 0.5) is 0 Å². The molecule has 2 aromatic rings. The number of hydrogen-bond donors (Lipinski definition) is 1. The molecule has 23 heavy (non-hydrogen) atoms. The second-order valence-corrected chi connectivity index (χ2v) is 5.78. The molecule has 1 atom stereocenters. The van der Waals surface area contributed by atoms with Gasteiger partial charge in [-0.2, -0.15) is 0 Å².